The summed E-state index contributed by atoms with van der Waals surface area (Å²) in [5.41, 5.74) is 1.21. The summed E-state index contributed by atoms with van der Waals surface area (Å²) in [4.78, 5) is 15.1. The van der Waals surface area contributed by atoms with E-state index < -0.39 is 0 Å². The summed E-state index contributed by atoms with van der Waals surface area (Å²) < 4.78 is 0. The maximum absolute atomic E-state index is 12.6. The number of carbonyl (C=O) groups is 1. The molecule has 2 atom stereocenters. The first kappa shape index (κ1) is 15.5. The van der Waals surface area contributed by atoms with Crippen molar-refractivity contribution in [2.75, 3.05) is 32.7 Å². The van der Waals surface area contributed by atoms with Crippen LogP contribution >= 0.6 is 0 Å². The molecule has 0 spiro atoms. The van der Waals surface area contributed by atoms with Gasteiger partial charge in [-0.1, -0.05) is 30.3 Å². The third kappa shape index (κ3) is 4.08. The van der Waals surface area contributed by atoms with Gasteiger partial charge in [0.15, 0.2) is 0 Å². The molecule has 120 valence electrons. The van der Waals surface area contributed by atoms with Crippen molar-refractivity contribution in [3.63, 3.8) is 0 Å². The van der Waals surface area contributed by atoms with E-state index in [1.54, 1.807) is 0 Å². The maximum atomic E-state index is 12.6. The number of likely N-dealkylation sites (tertiary alicyclic amines) is 1. The molecular formula is C18H27N3O. The number of piperidine rings is 1. The number of rotatable bonds is 5. The van der Waals surface area contributed by atoms with E-state index in [0.717, 1.165) is 45.6 Å². The highest BCUT2D eigenvalue weighted by atomic mass is 16.2. The average Bonchev–Trinajstić information content (AvgIpc) is 3.09. The summed E-state index contributed by atoms with van der Waals surface area (Å²) in [7, 11) is 0. The van der Waals surface area contributed by atoms with Crippen molar-refractivity contribution in [2.45, 2.75) is 31.7 Å². The molecule has 4 nitrogen and oxygen atoms in total. The van der Waals surface area contributed by atoms with Crippen molar-refractivity contribution in [1.29, 1.82) is 0 Å². The van der Waals surface area contributed by atoms with Crippen LogP contribution in [0.25, 0.3) is 0 Å². The van der Waals surface area contributed by atoms with Gasteiger partial charge >= 0.3 is 0 Å². The first-order chi connectivity index (χ1) is 10.8. The van der Waals surface area contributed by atoms with E-state index in [1.807, 2.05) is 6.07 Å². The van der Waals surface area contributed by atoms with Gasteiger partial charge in [0.25, 0.3) is 0 Å². The van der Waals surface area contributed by atoms with E-state index in [9.17, 15) is 4.79 Å². The number of amides is 1. The minimum atomic E-state index is 0.105. The van der Waals surface area contributed by atoms with Crippen LogP contribution < -0.4 is 10.6 Å². The standard InChI is InChI=1S/C18H27N3O/c22-18(16-9-6-10-19-13-16)20-17(14-21-11-4-5-12-21)15-7-2-1-3-8-15/h1-3,7-8,16-17,19H,4-6,9-14H2,(H,20,22). The Bertz CT molecular complexity index is 464. The highest BCUT2D eigenvalue weighted by molar-refractivity contribution is 5.79. The van der Waals surface area contributed by atoms with E-state index in [0.29, 0.717) is 0 Å². The molecule has 0 aliphatic carbocycles. The van der Waals surface area contributed by atoms with Gasteiger partial charge < -0.3 is 15.5 Å². The van der Waals surface area contributed by atoms with E-state index in [-0.39, 0.29) is 17.9 Å². The van der Waals surface area contributed by atoms with Crippen LogP contribution in [0.3, 0.4) is 0 Å². The number of nitrogens with zero attached hydrogens (tertiary/aromatic N) is 1. The van der Waals surface area contributed by atoms with Crippen LogP contribution in [-0.4, -0.2) is 43.5 Å². The molecule has 0 radical (unpaired) electrons. The van der Waals surface area contributed by atoms with Gasteiger partial charge in [-0.05, 0) is 50.9 Å². The SMILES string of the molecule is O=C(NC(CN1CCCC1)c1ccccc1)C1CCCNC1. The van der Waals surface area contributed by atoms with Crippen LogP contribution in [0.5, 0.6) is 0 Å². The van der Waals surface area contributed by atoms with Crippen molar-refractivity contribution in [1.82, 2.24) is 15.5 Å². The van der Waals surface area contributed by atoms with Crippen LogP contribution in [0.1, 0.15) is 37.3 Å². The van der Waals surface area contributed by atoms with Crippen molar-refractivity contribution < 1.29 is 4.79 Å². The predicted octanol–water partition coefficient (Wildman–Crippen LogP) is 1.94. The van der Waals surface area contributed by atoms with Crippen molar-refractivity contribution in [3.8, 4) is 0 Å². The summed E-state index contributed by atoms with van der Waals surface area (Å²) in [5.74, 6) is 0.332. The average molecular weight is 301 g/mol. The van der Waals surface area contributed by atoms with Gasteiger partial charge in [0.2, 0.25) is 5.91 Å². The molecule has 4 heteroatoms. The van der Waals surface area contributed by atoms with Gasteiger partial charge in [0.05, 0.1) is 12.0 Å². The molecule has 0 bridgehead atoms. The van der Waals surface area contributed by atoms with E-state index in [2.05, 4.69) is 39.8 Å². The first-order valence-electron chi connectivity index (χ1n) is 8.61. The predicted molar refractivity (Wildman–Crippen MR) is 88.6 cm³/mol. The van der Waals surface area contributed by atoms with Crippen LogP contribution in [0.15, 0.2) is 30.3 Å². The number of hydrogen-bond donors (Lipinski definition) is 2. The van der Waals surface area contributed by atoms with Crippen molar-refractivity contribution >= 4 is 5.91 Å². The van der Waals surface area contributed by atoms with Gasteiger partial charge in [-0.3, -0.25) is 4.79 Å². The Morgan fingerprint density at radius 3 is 2.68 bits per heavy atom. The molecule has 0 aromatic heterocycles. The van der Waals surface area contributed by atoms with Crippen LogP contribution in [0, 0.1) is 5.92 Å². The molecule has 22 heavy (non-hydrogen) atoms. The molecule has 2 N–H and O–H groups in total. The fraction of sp³-hybridized carbons (Fsp3) is 0.611. The Morgan fingerprint density at radius 1 is 1.23 bits per heavy atom. The van der Waals surface area contributed by atoms with Gasteiger partial charge in [-0.25, -0.2) is 0 Å². The molecule has 2 unspecified atom stereocenters. The molecule has 2 saturated heterocycles. The molecule has 3 rings (SSSR count). The summed E-state index contributed by atoms with van der Waals surface area (Å²) in [6, 6.07) is 10.5. The molecule has 1 aromatic carbocycles. The molecule has 2 aliphatic heterocycles. The lowest BCUT2D eigenvalue weighted by Gasteiger charge is -2.28. The lowest BCUT2D eigenvalue weighted by Crippen LogP contribution is -2.44. The Morgan fingerprint density at radius 2 is 2.00 bits per heavy atom. The summed E-state index contributed by atoms with van der Waals surface area (Å²) >= 11 is 0. The molecule has 2 fully saturated rings. The monoisotopic (exact) mass is 301 g/mol. The zero-order chi connectivity index (χ0) is 15.2. The third-order valence-electron chi connectivity index (χ3n) is 4.83. The smallest absolute Gasteiger partial charge is 0.224 e. The van der Waals surface area contributed by atoms with Crippen molar-refractivity contribution in [3.05, 3.63) is 35.9 Å². The lowest BCUT2D eigenvalue weighted by molar-refractivity contribution is -0.126. The van der Waals surface area contributed by atoms with E-state index in [1.165, 1.54) is 18.4 Å². The normalized spacial score (nSPS) is 24.1. The second kappa shape index (κ2) is 7.75. The first-order valence-corrected chi connectivity index (χ1v) is 8.61. The largest absolute Gasteiger partial charge is 0.348 e. The quantitative estimate of drug-likeness (QED) is 0.873. The Kier molecular flexibility index (Phi) is 5.46. The molecule has 1 amide bonds. The third-order valence-corrected chi connectivity index (χ3v) is 4.83. The van der Waals surface area contributed by atoms with Crippen molar-refractivity contribution in [2.24, 2.45) is 5.92 Å². The van der Waals surface area contributed by atoms with Gasteiger partial charge in [0, 0.05) is 13.1 Å². The van der Waals surface area contributed by atoms with E-state index in [4.69, 9.17) is 0 Å². The minimum absolute atomic E-state index is 0.105. The Hall–Kier alpha value is -1.39. The van der Waals surface area contributed by atoms with Gasteiger partial charge in [0.1, 0.15) is 0 Å². The van der Waals surface area contributed by atoms with Gasteiger partial charge in [-0.2, -0.15) is 0 Å². The number of carbonyl (C=O) groups excluding carboxylic acids is 1. The summed E-state index contributed by atoms with van der Waals surface area (Å²) in [6.45, 7) is 5.10. The molecule has 0 saturated carbocycles. The summed E-state index contributed by atoms with van der Waals surface area (Å²) in [6.07, 6.45) is 4.66. The van der Waals surface area contributed by atoms with Gasteiger partial charge in [-0.15, -0.1) is 0 Å². The summed E-state index contributed by atoms with van der Waals surface area (Å²) in [5, 5.41) is 6.64. The number of hydrogen-bond acceptors (Lipinski definition) is 3. The van der Waals surface area contributed by atoms with Crippen LogP contribution in [0.4, 0.5) is 0 Å². The minimum Gasteiger partial charge on any atom is -0.348 e. The Balaban J connectivity index is 1.65. The second-order valence-electron chi connectivity index (χ2n) is 6.52. The van der Waals surface area contributed by atoms with Crippen LogP contribution in [0.2, 0.25) is 0 Å². The van der Waals surface area contributed by atoms with E-state index >= 15 is 0 Å². The second-order valence-corrected chi connectivity index (χ2v) is 6.52. The maximum Gasteiger partial charge on any atom is 0.224 e. The highest BCUT2D eigenvalue weighted by Crippen LogP contribution is 2.19. The molecule has 2 aliphatic rings. The zero-order valence-electron chi connectivity index (χ0n) is 13.3. The zero-order valence-corrected chi connectivity index (χ0v) is 13.3. The highest BCUT2D eigenvalue weighted by Gasteiger charge is 2.25. The fourth-order valence-electron chi connectivity index (χ4n) is 3.51. The van der Waals surface area contributed by atoms with Crippen LogP contribution in [-0.2, 0) is 4.79 Å². The number of benzene rings is 1. The lowest BCUT2D eigenvalue weighted by atomic mass is 9.97. The number of nitrogens with one attached hydrogen (secondary N) is 2. The molecule has 2 heterocycles. The molecular weight excluding hydrogens is 274 g/mol. The topological polar surface area (TPSA) is 44.4 Å². The molecule has 1 aromatic rings. The Labute approximate surface area is 133 Å². The fourth-order valence-corrected chi connectivity index (χ4v) is 3.51.